The maximum absolute atomic E-state index is 11.6. The van der Waals surface area contributed by atoms with E-state index in [9.17, 15) is 15.0 Å². The minimum Gasteiger partial charge on any atom is -0.458 e. The summed E-state index contributed by atoms with van der Waals surface area (Å²) in [6, 6.07) is 0. The molecule has 4 unspecified atom stereocenters. The second-order valence-electron chi connectivity index (χ2n) is 5.67. The summed E-state index contributed by atoms with van der Waals surface area (Å²) in [7, 11) is 0. The van der Waals surface area contributed by atoms with Crippen molar-refractivity contribution in [3.8, 4) is 0 Å². The SMILES string of the molecule is C=C1C(=O)OC2CC(CO)CCCC(C)=CC(O)C12. The highest BCUT2D eigenvalue weighted by Crippen LogP contribution is 2.36. The van der Waals surface area contributed by atoms with Gasteiger partial charge in [0.25, 0.3) is 0 Å². The second-order valence-corrected chi connectivity index (χ2v) is 5.67. The van der Waals surface area contributed by atoms with Gasteiger partial charge in [0, 0.05) is 12.2 Å². The predicted molar refractivity (Wildman–Crippen MR) is 71.3 cm³/mol. The molecular weight excluding hydrogens is 244 g/mol. The summed E-state index contributed by atoms with van der Waals surface area (Å²) in [5, 5.41) is 19.7. The number of esters is 1. The van der Waals surface area contributed by atoms with E-state index in [0.29, 0.717) is 12.0 Å². The van der Waals surface area contributed by atoms with Crippen LogP contribution in [-0.2, 0) is 9.53 Å². The van der Waals surface area contributed by atoms with E-state index in [2.05, 4.69) is 6.58 Å². The summed E-state index contributed by atoms with van der Waals surface area (Å²) in [6.45, 7) is 5.82. The molecule has 4 atom stereocenters. The molecule has 0 aromatic heterocycles. The topological polar surface area (TPSA) is 66.8 Å². The van der Waals surface area contributed by atoms with Crippen molar-refractivity contribution in [1.82, 2.24) is 0 Å². The molecule has 4 nitrogen and oxygen atoms in total. The molecule has 0 aromatic carbocycles. The fourth-order valence-electron chi connectivity index (χ4n) is 3.03. The van der Waals surface area contributed by atoms with Crippen LogP contribution in [0.3, 0.4) is 0 Å². The Morgan fingerprint density at radius 3 is 2.95 bits per heavy atom. The molecule has 19 heavy (non-hydrogen) atoms. The van der Waals surface area contributed by atoms with Crippen LogP contribution in [0.2, 0.25) is 0 Å². The minimum atomic E-state index is -0.735. The van der Waals surface area contributed by atoms with Crippen LogP contribution in [0.4, 0.5) is 0 Å². The summed E-state index contributed by atoms with van der Waals surface area (Å²) in [5.74, 6) is -0.685. The minimum absolute atomic E-state index is 0.0894. The van der Waals surface area contributed by atoms with Gasteiger partial charge in [-0.25, -0.2) is 4.79 Å². The Kier molecular flexibility index (Phi) is 4.42. The fourth-order valence-corrected chi connectivity index (χ4v) is 3.03. The molecule has 2 rings (SSSR count). The largest absolute Gasteiger partial charge is 0.458 e. The number of hydrogen-bond donors (Lipinski definition) is 2. The molecule has 1 heterocycles. The Bertz CT molecular complexity index is 399. The maximum Gasteiger partial charge on any atom is 0.334 e. The first kappa shape index (κ1) is 14.3. The Hall–Kier alpha value is -1.13. The normalized spacial score (nSPS) is 36.5. The van der Waals surface area contributed by atoms with Gasteiger partial charge < -0.3 is 14.9 Å². The van der Waals surface area contributed by atoms with Gasteiger partial charge in [-0.1, -0.05) is 18.2 Å². The Morgan fingerprint density at radius 1 is 1.53 bits per heavy atom. The molecule has 0 saturated carbocycles. The molecule has 0 aromatic rings. The van der Waals surface area contributed by atoms with Gasteiger partial charge in [-0.2, -0.15) is 0 Å². The first-order valence-electron chi connectivity index (χ1n) is 6.89. The van der Waals surface area contributed by atoms with Crippen molar-refractivity contribution in [1.29, 1.82) is 0 Å². The highest BCUT2D eigenvalue weighted by molar-refractivity contribution is 5.91. The van der Waals surface area contributed by atoms with Crippen LogP contribution in [0.1, 0.15) is 32.6 Å². The third-order valence-corrected chi connectivity index (χ3v) is 4.15. The van der Waals surface area contributed by atoms with Crippen LogP contribution in [0, 0.1) is 11.8 Å². The van der Waals surface area contributed by atoms with Crippen LogP contribution in [-0.4, -0.2) is 35.0 Å². The van der Waals surface area contributed by atoms with Gasteiger partial charge in [0.1, 0.15) is 6.10 Å². The lowest BCUT2D eigenvalue weighted by Gasteiger charge is -2.26. The molecule has 0 spiro atoms. The Labute approximate surface area is 113 Å². The molecule has 2 aliphatic rings. The number of carbonyl (C=O) groups excluding carboxylic acids is 1. The first-order chi connectivity index (χ1) is 9.02. The molecule has 1 saturated heterocycles. The van der Waals surface area contributed by atoms with Crippen molar-refractivity contribution in [3.63, 3.8) is 0 Å². The first-order valence-corrected chi connectivity index (χ1v) is 6.89. The maximum atomic E-state index is 11.6. The number of fused-ring (bicyclic) bond motifs is 1. The molecule has 1 aliphatic heterocycles. The van der Waals surface area contributed by atoms with Crippen LogP contribution in [0.5, 0.6) is 0 Å². The van der Waals surface area contributed by atoms with Crippen LogP contribution >= 0.6 is 0 Å². The standard InChI is InChI=1S/C15H22O4/c1-9-4-3-5-11(8-16)7-13-14(12(17)6-9)10(2)15(18)19-13/h6,11-14,16-17H,2-5,7-8H2,1H3. The van der Waals surface area contributed by atoms with E-state index in [1.165, 1.54) is 0 Å². The van der Waals surface area contributed by atoms with Crippen molar-refractivity contribution in [3.05, 3.63) is 23.8 Å². The number of rotatable bonds is 1. The molecule has 2 N–H and O–H groups in total. The molecule has 106 valence electrons. The van der Waals surface area contributed by atoms with Crippen LogP contribution in [0.15, 0.2) is 23.8 Å². The highest BCUT2D eigenvalue weighted by Gasteiger charge is 2.43. The number of ether oxygens (including phenoxy) is 1. The number of carbonyl (C=O) groups is 1. The molecule has 1 aliphatic carbocycles. The summed E-state index contributed by atoms with van der Waals surface area (Å²) >= 11 is 0. The van der Waals surface area contributed by atoms with Gasteiger partial charge in [0.05, 0.1) is 12.0 Å². The molecule has 0 radical (unpaired) electrons. The predicted octanol–water partition coefficient (Wildman–Crippen LogP) is 1.57. The zero-order valence-corrected chi connectivity index (χ0v) is 11.3. The second kappa shape index (κ2) is 5.88. The van der Waals surface area contributed by atoms with Crippen molar-refractivity contribution >= 4 is 5.97 Å². The van der Waals surface area contributed by atoms with Gasteiger partial charge in [-0.15, -0.1) is 0 Å². The van der Waals surface area contributed by atoms with Crippen molar-refractivity contribution < 1.29 is 19.7 Å². The Morgan fingerprint density at radius 2 is 2.26 bits per heavy atom. The van der Waals surface area contributed by atoms with Crippen molar-refractivity contribution in [2.45, 2.75) is 44.8 Å². The van der Waals surface area contributed by atoms with Gasteiger partial charge in [0.2, 0.25) is 0 Å². The number of aliphatic hydroxyl groups excluding tert-OH is 2. The molecule has 4 heteroatoms. The zero-order chi connectivity index (χ0) is 14.0. The smallest absolute Gasteiger partial charge is 0.334 e. The Balaban J connectivity index is 2.27. The van der Waals surface area contributed by atoms with E-state index >= 15 is 0 Å². The lowest BCUT2D eigenvalue weighted by atomic mass is 9.83. The van der Waals surface area contributed by atoms with Crippen LogP contribution < -0.4 is 0 Å². The molecule has 0 amide bonds. The van der Waals surface area contributed by atoms with E-state index < -0.39 is 12.1 Å². The summed E-state index contributed by atoms with van der Waals surface area (Å²) in [5.41, 5.74) is 1.45. The molecule has 0 bridgehead atoms. The third kappa shape index (κ3) is 3.07. The highest BCUT2D eigenvalue weighted by atomic mass is 16.6. The van der Waals surface area contributed by atoms with E-state index in [1.54, 1.807) is 0 Å². The third-order valence-electron chi connectivity index (χ3n) is 4.15. The summed E-state index contributed by atoms with van der Waals surface area (Å²) in [6.07, 6.45) is 4.10. The van der Waals surface area contributed by atoms with E-state index in [0.717, 1.165) is 24.8 Å². The quantitative estimate of drug-likeness (QED) is 0.429. The number of hydrogen-bond acceptors (Lipinski definition) is 4. The average molecular weight is 266 g/mol. The van der Waals surface area contributed by atoms with E-state index in [-0.39, 0.29) is 24.5 Å². The lowest BCUT2D eigenvalue weighted by Crippen LogP contribution is -2.31. The summed E-state index contributed by atoms with van der Waals surface area (Å²) < 4.78 is 5.31. The average Bonchev–Trinajstić information content (AvgIpc) is 2.63. The summed E-state index contributed by atoms with van der Waals surface area (Å²) in [4.78, 5) is 11.6. The van der Waals surface area contributed by atoms with Crippen molar-refractivity contribution in [2.24, 2.45) is 11.8 Å². The fraction of sp³-hybridized carbons (Fsp3) is 0.667. The van der Waals surface area contributed by atoms with Crippen molar-refractivity contribution in [2.75, 3.05) is 6.61 Å². The van der Waals surface area contributed by atoms with Gasteiger partial charge in [0.15, 0.2) is 0 Å². The number of allylic oxidation sites excluding steroid dienone is 1. The van der Waals surface area contributed by atoms with Crippen LogP contribution in [0.25, 0.3) is 0 Å². The van der Waals surface area contributed by atoms with Gasteiger partial charge in [-0.05, 0) is 38.5 Å². The zero-order valence-electron chi connectivity index (χ0n) is 11.3. The monoisotopic (exact) mass is 266 g/mol. The number of aliphatic hydroxyl groups is 2. The van der Waals surface area contributed by atoms with E-state index in [4.69, 9.17) is 4.74 Å². The van der Waals surface area contributed by atoms with E-state index in [1.807, 2.05) is 13.0 Å². The molecular formula is C15H22O4. The lowest BCUT2D eigenvalue weighted by molar-refractivity contribution is -0.140. The van der Waals surface area contributed by atoms with Gasteiger partial charge >= 0.3 is 5.97 Å². The van der Waals surface area contributed by atoms with Gasteiger partial charge in [-0.3, -0.25) is 0 Å². The molecule has 1 fully saturated rings.